The molecule has 1 aromatic heterocycles. The molecule has 1 aliphatic rings. The highest BCUT2D eigenvalue weighted by Crippen LogP contribution is 2.19. The Bertz CT molecular complexity index is 965. The fourth-order valence-corrected chi connectivity index (χ4v) is 3.56. The molecule has 1 saturated heterocycles. The largest absolute Gasteiger partial charge is 0.368 e. The van der Waals surface area contributed by atoms with Crippen LogP contribution >= 0.6 is 11.6 Å². The molecule has 7 heteroatoms. The third kappa shape index (κ3) is 4.02. The number of hydrogen-bond acceptors (Lipinski definition) is 3. The van der Waals surface area contributed by atoms with Gasteiger partial charge < -0.3 is 9.80 Å². The van der Waals surface area contributed by atoms with Gasteiger partial charge in [-0.25, -0.2) is 4.39 Å². The molecule has 0 atom stereocenters. The van der Waals surface area contributed by atoms with E-state index < -0.39 is 0 Å². The summed E-state index contributed by atoms with van der Waals surface area (Å²) in [6, 6.07) is 14.1. The number of aromatic nitrogens is 2. The molecular formula is C21H20ClFN4O. The van der Waals surface area contributed by atoms with Crippen LogP contribution in [0.3, 0.4) is 0 Å². The zero-order valence-corrected chi connectivity index (χ0v) is 16.0. The molecule has 0 spiro atoms. The summed E-state index contributed by atoms with van der Waals surface area (Å²) in [7, 11) is 0. The molecule has 1 fully saturated rings. The predicted molar refractivity (Wildman–Crippen MR) is 107 cm³/mol. The number of hydrogen-bond donors (Lipinski definition) is 0. The summed E-state index contributed by atoms with van der Waals surface area (Å²) < 4.78 is 14.8. The maximum Gasteiger partial charge on any atom is 0.257 e. The zero-order valence-electron chi connectivity index (χ0n) is 15.3. The van der Waals surface area contributed by atoms with E-state index in [1.54, 1.807) is 29.2 Å². The van der Waals surface area contributed by atoms with Gasteiger partial charge in [0.15, 0.2) is 0 Å². The Morgan fingerprint density at radius 3 is 2.46 bits per heavy atom. The van der Waals surface area contributed by atoms with Gasteiger partial charge in [-0.1, -0.05) is 29.8 Å². The Hall–Kier alpha value is -2.86. The Morgan fingerprint density at radius 1 is 1.04 bits per heavy atom. The van der Waals surface area contributed by atoms with Gasteiger partial charge in [0.1, 0.15) is 5.82 Å². The van der Waals surface area contributed by atoms with E-state index in [4.69, 9.17) is 11.6 Å². The first kappa shape index (κ1) is 18.5. The van der Waals surface area contributed by atoms with Crippen LogP contribution in [0, 0.1) is 5.82 Å². The standard InChI is InChI=1S/C21H20ClFN4O/c22-20-4-2-1-3-16(20)14-27-15-17(13-24-27)21(28)26-11-9-25(10-12-26)19-7-5-18(23)6-8-19/h1-8,13,15H,9-12,14H2. The average Bonchev–Trinajstić information content (AvgIpc) is 3.18. The topological polar surface area (TPSA) is 41.4 Å². The lowest BCUT2D eigenvalue weighted by Crippen LogP contribution is -2.48. The van der Waals surface area contributed by atoms with Crippen LogP contribution in [-0.2, 0) is 6.54 Å². The van der Waals surface area contributed by atoms with E-state index in [0.717, 1.165) is 11.3 Å². The van der Waals surface area contributed by atoms with E-state index in [1.807, 2.05) is 29.2 Å². The summed E-state index contributed by atoms with van der Waals surface area (Å²) in [4.78, 5) is 16.8. The minimum Gasteiger partial charge on any atom is -0.368 e. The number of carbonyl (C=O) groups excluding carboxylic acids is 1. The number of carbonyl (C=O) groups is 1. The van der Waals surface area contributed by atoms with Gasteiger partial charge in [-0.15, -0.1) is 0 Å². The predicted octanol–water partition coefficient (Wildman–Crippen LogP) is 3.69. The van der Waals surface area contributed by atoms with E-state index in [2.05, 4.69) is 10.00 Å². The van der Waals surface area contributed by atoms with E-state index in [9.17, 15) is 9.18 Å². The monoisotopic (exact) mass is 398 g/mol. The molecule has 3 aromatic rings. The minimum atomic E-state index is -0.244. The van der Waals surface area contributed by atoms with Crippen molar-refractivity contribution < 1.29 is 9.18 Å². The summed E-state index contributed by atoms with van der Waals surface area (Å²) >= 11 is 6.20. The minimum absolute atomic E-state index is 0.0239. The summed E-state index contributed by atoms with van der Waals surface area (Å²) in [6.45, 7) is 3.18. The first-order valence-corrected chi connectivity index (χ1v) is 9.53. The van der Waals surface area contributed by atoms with E-state index >= 15 is 0 Å². The molecule has 4 rings (SSSR count). The van der Waals surface area contributed by atoms with Crippen LogP contribution < -0.4 is 4.90 Å². The second kappa shape index (κ2) is 8.02. The molecule has 0 aliphatic carbocycles. The Balaban J connectivity index is 1.37. The van der Waals surface area contributed by atoms with Crippen LogP contribution in [0.4, 0.5) is 10.1 Å². The molecule has 0 radical (unpaired) electrons. The molecule has 0 unspecified atom stereocenters. The van der Waals surface area contributed by atoms with E-state index in [1.165, 1.54) is 12.1 Å². The lowest BCUT2D eigenvalue weighted by atomic mass is 10.2. The lowest BCUT2D eigenvalue weighted by molar-refractivity contribution is 0.0746. The maximum absolute atomic E-state index is 13.1. The van der Waals surface area contributed by atoms with Crippen molar-refractivity contribution in [2.24, 2.45) is 0 Å². The number of piperazine rings is 1. The Morgan fingerprint density at radius 2 is 1.75 bits per heavy atom. The summed E-state index contributed by atoms with van der Waals surface area (Å²) in [5.41, 5.74) is 2.50. The molecule has 0 N–H and O–H groups in total. The van der Waals surface area contributed by atoms with Crippen LogP contribution in [0.15, 0.2) is 60.9 Å². The fourth-order valence-electron chi connectivity index (χ4n) is 3.36. The second-order valence-corrected chi connectivity index (χ2v) is 7.18. The normalized spacial score (nSPS) is 14.4. The van der Waals surface area contributed by atoms with Crippen LogP contribution in [-0.4, -0.2) is 46.8 Å². The molecule has 2 aromatic carbocycles. The van der Waals surface area contributed by atoms with Gasteiger partial charge in [-0.3, -0.25) is 9.48 Å². The van der Waals surface area contributed by atoms with Gasteiger partial charge in [-0.05, 0) is 35.9 Å². The van der Waals surface area contributed by atoms with Crippen LogP contribution in [0.25, 0.3) is 0 Å². The molecule has 2 heterocycles. The molecular weight excluding hydrogens is 379 g/mol. The van der Waals surface area contributed by atoms with Gasteiger partial charge in [0, 0.05) is 43.1 Å². The molecule has 1 amide bonds. The van der Waals surface area contributed by atoms with Crippen LogP contribution in [0.5, 0.6) is 0 Å². The van der Waals surface area contributed by atoms with Crippen molar-refractivity contribution in [1.82, 2.24) is 14.7 Å². The second-order valence-electron chi connectivity index (χ2n) is 6.77. The highest BCUT2D eigenvalue weighted by Gasteiger charge is 2.23. The zero-order chi connectivity index (χ0) is 19.5. The van der Waals surface area contributed by atoms with Crippen LogP contribution in [0.1, 0.15) is 15.9 Å². The molecule has 0 saturated carbocycles. The summed E-state index contributed by atoms with van der Waals surface area (Å²) in [5.74, 6) is -0.268. The number of anilines is 1. The van der Waals surface area contributed by atoms with Crippen molar-refractivity contribution >= 4 is 23.2 Å². The average molecular weight is 399 g/mol. The number of nitrogens with zero attached hydrogens (tertiary/aromatic N) is 4. The van der Waals surface area contributed by atoms with Crippen molar-refractivity contribution in [1.29, 1.82) is 0 Å². The summed E-state index contributed by atoms with van der Waals surface area (Å²) in [6.07, 6.45) is 3.36. The van der Waals surface area contributed by atoms with Crippen molar-refractivity contribution in [2.75, 3.05) is 31.1 Å². The van der Waals surface area contributed by atoms with Crippen LogP contribution in [0.2, 0.25) is 5.02 Å². The molecule has 28 heavy (non-hydrogen) atoms. The fraction of sp³-hybridized carbons (Fsp3) is 0.238. The van der Waals surface area contributed by atoms with Gasteiger partial charge in [0.05, 0.1) is 18.3 Å². The highest BCUT2D eigenvalue weighted by molar-refractivity contribution is 6.31. The molecule has 1 aliphatic heterocycles. The quantitative estimate of drug-likeness (QED) is 0.673. The van der Waals surface area contributed by atoms with Gasteiger partial charge in [0.25, 0.3) is 5.91 Å². The van der Waals surface area contributed by atoms with Gasteiger partial charge >= 0.3 is 0 Å². The third-order valence-electron chi connectivity index (χ3n) is 4.93. The van der Waals surface area contributed by atoms with Crippen molar-refractivity contribution in [2.45, 2.75) is 6.54 Å². The first-order valence-electron chi connectivity index (χ1n) is 9.16. The SMILES string of the molecule is O=C(c1cnn(Cc2ccccc2Cl)c1)N1CCN(c2ccc(F)cc2)CC1. The molecule has 5 nitrogen and oxygen atoms in total. The Labute approximate surface area is 167 Å². The van der Waals surface area contributed by atoms with Crippen molar-refractivity contribution in [3.05, 3.63) is 82.9 Å². The maximum atomic E-state index is 13.1. The smallest absolute Gasteiger partial charge is 0.257 e. The molecule has 144 valence electrons. The van der Waals surface area contributed by atoms with E-state index in [-0.39, 0.29) is 11.7 Å². The number of halogens is 2. The Kier molecular flexibility index (Phi) is 5.30. The van der Waals surface area contributed by atoms with Gasteiger partial charge in [0.2, 0.25) is 0 Å². The first-order chi connectivity index (χ1) is 13.6. The molecule has 0 bridgehead atoms. The van der Waals surface area contributed by atoms with Crippen molar-refractivity contribution in [3.63, 3.8) is 0 Å². The summed E-state index contributed by atoms with van der Waals surface area (Å²) in [5, 5.41) is 4.99. The number of benzene rings is 2. The van der Waals surface area contributed by atoms with Crippen molar-refractivity contribution in [3.8, 4) is 0 Å². The van der Waals surface area contributed by atoms with E-state index in [0.29, 0.717) is 43.3 Å². The lowest BCUT2D eigenvalue weighted by Gasteiger charge is -2.36. The highest BCUT2D eigenvalue weighted by atomic mass is 35.5. The number of rotatable bonds is 4. The number of amides is 1. The van der Waals surface area contributed by atoms with Gasteiger partial charge in [-0.2, -0.15) is 5.10 Å². The third-order valence-corrected chi connectivity index (χ3v) is 5.30.